The number of benzene rings is 1. The van der Waals surface area contributed by atoms with Crippen molar-refractivity contribution in [3.05, 3.63) is 29.6 Å². The van der Waals surface area contributed by atoms with Gasteiger partial charge in [0, 0.05) is 28.3 Å². The van der Waals surface area contributed by atoms with Gasteiger partial charge in [-0.2, -0.15) is 0 Å². The molecule has 102 valence electrons. The van der Waals surface area contributed by atoms with Gasteiger partial charge < -0.3 is 4.57 Å². The van der Waals surface area contributed by atoms with E-state index < -0.39 is 10.8 Å². The third kappa shape index (κ3) is 2.32. The molecule has 2 heterocycles. The molecule has 0 saturated carbocycles. The van der Waals surface area contributed by atoms with Crippen LogP contribution < -0.4 is 0 Å². The van der Waals surface area contributed by atoms with Crippen LogP contribution in [-0.2, 0) is 16.7 Å². The van der Waals surface area contributed by atoms with E-state index in [1.807, 2.05) is 12.1 Å². The fraction of sp³-hybridized carbons (Fsp3) is 0.500. The standard InChI is InChI=1S/C14H17ClN2OS/c1-10-3-2-4-12-14(10)17(13(9-15)16-12)11-5-7-19(18)8-6-11/h2-4,11H,5-9H2,1H3. The molecular weight excluding hydrogens is 280 g/mol. The average Bonchev–Trinajstić information content (AvgIpc) is 2.80. The summed E-state index contributed by atoms with van der Waals surface area (Å²) in [4.78, 5) is 4.64. The van der Waals surface area contributed by atoms with Crippen molar-refractivity contribution in [2.24, 2.45) is 0 Å². The van der Waals surface area contributed by atoms with Gasteiger partial charge in [-0.25, -0.2) is 4.98 Å². The van der Waals surface area contributed by atoms with Gasteiger partial charge in [-0.3, -0.25) is 4.21 Å². The van der Waals surface area contributed by atoms with Crippen LogP contribution in [0.3, 0.4) is 0 Å². The van der Waals surface area contributed by atoms with Crippen LogP contribution in [0.5, 0.6) is 0 Å². The van der Waals surface area contributed by atoms with E-state index in [1.54, 1.807) is 0 Å². The highest BCUT2D eigenvalue weighted by molar-refractivity contribution is 7.85. The van der Waals surface area contributed by atoms with Gasteiger partial charge in [-0.05, 0) is 31.4 Å². The zero-order valence-corrected chi connectivity index (χ0v) is 12.5. The molecule has 3 rings (SSSR count). The molecule has 5 heteroatoms. The normalized spacial score (nSPS) is 23.9. The van der Waals surface area contributed by atoms with Crippen molar-refractivity contribution >= 4 is 33.4 Å². The molecule has 1 aromatic carbocycles. The molecule has 0 unspecified atom stereocenters. The number of aryl methyl sites for hydroxylation is 1. The fourth-order valence-electron chi connectivity index (χ4n) is 2.90. The summed E-state index contributed by atoms with van der Waals surface area (Å²) in [5.74, 6) is 2.94. The summed E-state index contributed by atoms with van der Waals surface area (Å²) in [5.41, 5.74) is 3.44. The molecule has 1 aromatic heterocycles. The summed E-state index contributed by atoms with van der Waals surface area (Å²) in [5, 5.41) is 0. The number of nitrogens with zero attached hydrogens (tertiary/aromatic N) is 2. The Labute approximate surface area is 120 Å². The number of para-hydroxylation sites is 1. The number of alkyl halides is 1. The molecule has 2 aromatic rings. The summed E-state index contributed by atoms with van der Waals surface area (Å²) in [6.07, 6.45) is 1.91. The van der Waals surface area contributed by atoms with Gasteiger partial charge in [0.1, 0.15) is 5.82 Å². The maximum Gasteiger partial charge on any atom is 0.125 e. The molecule has 19 heavy (non-hydrogen) atoms. The minimum Gasteiger partial charge on any atom is -0.324 e. The van der Waals surface area contributed by atoms with Crippen molar-refractivity contribution in [3.8, 4) is 0 Å². The second kappa shape index (κ2) is 5.25. The average molecular weight is 297 g/mol. The highest BCUT2D eigenvalue weighted by Crippen LogP contribution is 2.30. The smallest absolute Gasteiger partial charge is 0.125 e. The van der Waals surface area contributed by atoms with Gasteiger partial charge in [0.2, 0.25) is 0 Å². The molecule has 1 aliphatic heterocycles. The quantitative estimate of drug-likeness (QED) is 0.798. The third-order valence-electron chi connectivity index (χ3n) is 3.83. The summed E-state index contributed by atoms with van der Waals surface area (Å²) in [6.45, 7) is 2.11. The van der Waals surface area contributed by atoms with E-state index in [1.165, 1.54) is 11.1 Å². The molecule has 1 saturated heterocycles. The molecule has 1 fully saturated rings. The van der Waals surface area contributed by atoms with Gasteiger partial charge in [0.05, 0.1) is 16.9 Å². The minimum absolute atomic E-state index is 0.387. The van der Waals surface area contributed by atoms with Gasteiger partial charge in [-0.1, -0.05) is 12.1 Å². The third-order valence-corrected chi connectivity index (χ3v) is 5.45. The van der Waals surface area contributed by atoms with Crippen LogP contribution in [0.25, 0.3) is 11.0 Å². The Morgan fingerprint density at radius 1 is 1.42 bits per heavy atom. The Kier molecular flexibility index (Phi) is 3.63. The van der Waals surface area contributed by atoms with Gasteiger partial charge in [-0.15, -0.1) is 11.6 Å². The Bertz CT molecular complexity index is 628. The molecule has 0 aliphatic carbocycles. The van der Waals surface area contributed by atoms with E-state index in [4.69, 9.17) is 11.6 Å². The second-order valence-corrected chi connectivity index (χ2v) is 7.02. The number of hydrogen-bond donors (Lipinski definition) is 0. The number of imidazole rings is 1. The zero-order chi connectivity index (χ0) is 13.4. The second-order valence-electron chi connectivity index (χ2n) is 5.05. The lowest BCUT2D eigenvalue weighted by Crippen LogP contribution is -2.23. The summed E-state index contributed by atoms with van der Waals surface area (Å²) in [7, 11) is -0.637. The van der Waals surface area contributed by atoms with Gasteiger partial charge >= 0.3 is 0 Å². The van der Waals surface area contributed by atoms with E-state index in [-0.39, 0.29) is 0 Å². The summed E-state index contributed by atoms with van der Waals surface area (Å²) < 4.78 is 13.8. The van der Waals surface area contributed by atoms with Crippen LogP contribution in [0.1, 0.15) is 30.3 Å². The lowest BCUT2D eigenvalue weighted by atomic mass is 10.1. The predicted molar refractivity (Wildman–Crippen MR) is 80.2 cm³/mol. The van der Waals surface area contributed by atoms with Crippen molar-refractivity contribution in [2.75, 3.05) is 11.5 Å². The van der Waals surface area contributed by atoms with Gasteiger partial charge in [0.25, 0.3) is 0 Å². The molecule has 0 bridgehead atoms. The van der Waals surface area contributed by atoms with Crippen LogP contribution in [0.2, 0.25) is 0 Å². The molecule has 0 N–H and O–H groups in total. The Balaban J connectivity index is 2.12. The lowest BCUT2D eigenvalue weighted by Gasteiger charge is -2.25. The first kappa shape index (κ1) is 13.1. The number of hydrogen-bond acceptors (Lipinski definition) is 2. The first-order valence-corrected chi connectivity index (χ1v) is 8.60. The highest BCUT2D eigenvalue weighted by Gasteiger charge is 2.24. The first-order valence-electron chi connectivity index (χ1n) is 6.58. The predicted octanol–water partition coefficient (Wildman–Crippen LogP) is 3.17. The molecule has 1 aliphatic rings. The molecule has 0 atom stereocenters. The molecule has 0 spiro atoms. The van der Waals surface area contributed by atoms with Crippen LogP contribution >= 0.6 is 11.6 Å². The van der Waals surface area contributed by atoms with Crippen molar-refractivity contribution in [2.45, 2.75) is 31.7 Å². The van der Waals surface area contributed by atoms with E-state index in [0.29, 0.717) is 11.9 Å². The Hall–Kier alpha value is -0.870. The summed E-state index contributed by atoms with van der Waals surface area (Å²) in [6, 6.07) is 6.57. The van der Waals surface area contributed by atoms with Crippen molar-refractivity contribution in [3.63, 3.8) is 0 Å². The van der Waals surface area contributed by atoms with Gasteiger partial charge in [0.15, 0.2) is 0 Å². The van der Waals surface area contributed by atoms with Crippen LogP contribution in [0, 0.1) is 6.92 Å². The Morgan fingerprint density at radius 3 is 2.84 bits per heavy atom. The Morgan fingerprint density at radius 2 is 2.16 bits per heavy atom. The largest absolute Gasteiger partial charge is 0.324 e. The number of rotatable bonds is 2. The molecular formula is C14H17ClN2OS. The number of fused-ring (bicyclic) bond motifs is 1. The van der Waals surface area contributed by atoms with Crippen LogP contribution in [-0.4, -0.2) is 25.3 Å². The van der Waals surface area contributed by atoms with Crippen LogP contribution in [0.4, 0.5) is 0 Å². The monoisotopic (exact) mass is 296 g/mol. The minimum atomic E-state index is -0.637. The SMILES string of the molecule is Cc1cccc2nc(CCl)n(C3CCS(=O)CC3)c12. The lowest BCUT2D eigenvalue weighted by molar-refractivity contribution is 0.462. The summed E-state index contributed by atoms with van der Waals surface area (Å²) >= 11 is 6.06. The first-order chi connectivity index (χ1) is 9.20. The van der Waals surface area contributed by atoms with Crippen molar-refractivity contribution in [1.29, 1.82) is 0 Å². The topological polar surface area (TPSA) is 34.9 Å². The zero-order valence-electron chi connectivity index (χ0n) is 10.9. The maximum absolute atomic E-state index is 11.5. The van der Waals surface area contributed by atoms with E-state index in [9.17, 15) is 4.21 Å². The maximum atomic E-state index is 11.5. The van der Waals surface area contributed by atoms with Crippen LogP contribution in [0.15, 0.2) is 18.2 Å². The van der Waals surface area contributed by atoms with Crippen molar-refractivity contribution in [1.82, 2.24) is 9.55 Å². The molecule has 3 nitrogen and oxygen atoms in total. The highest BCUT2D eigenvalue weighted by atomic mass is 35.5. The number of halogens is 1. The molecule has 0 radical (unpaired) electrons. The van der Waals surface area contributed by atoms with E-state index in [2.05, 4.69) is 22.5 Å². The fourth-order valence-corrected chi connectivity index (χ4v) is 4.36. The van der Waals surface area contributed by atoms with E-state index in [0.717, 1.165) is 35.7 Å². The molecule has 0 amide bonds. The van der Waals surface area contributed by atoms with E-state index >= 15 is 0 Å². The van der Waals surface area contributed by atoms with Crippen molar-refractivity contribution < 1.29 is 4.21 Å². The number of aromatic nitrogens is 2.